The second-order valence-electron chi connectivity index (χ2n) is 4.86. The molecule has 0 saturated carbocycles. The smallest absolute Gasteiger partial charge is 0.326 e. The number of thioether (sulfide) groups is 1. The van der Waals surface area contributed by atoms with Gasteiger partial charge in [0, 0.05) is 24.3 Å². The summed E-state index contributed by atoms with van der Waals surface area (Å²) in [5.74, 6) is -0.653. The van der Waals surface area contributed by atoms with Crippen LogP contribution in [0.25, 0.3) is 0 Å². The number of carboxylic acids is 1. The predicted octanol–water partition coefficient (Wildman–Crippen LogP) is 2.47. The molecule has 1 amide bonds. The summed E-state index contributed by atoms with van der Waals surface area (Å²) >= 11 is 1.56. The number of hydrogen-bond donors (Lipinski definition) is 2. The molecule has 1 rings (SSSR count). The van der Waals surface area contributed by atoms with E-state index in [1.165, 1.54) is 0 Å². The number of nitrogens with one attached hydrogen (secondary N) is 1. The van der Waals surface area contributed by atoms with Crippen molar-refractivity contribution in [2.45, 2.75) is 26.3 Å². The fourth-order valence-electron chi connectivity index (χ4n) is 2.15. The van der Waals surface area contributed by atoms with Crippen molar-refractivity contribution in [3.05, 3.63) is 29.8 Å². The SMILES string of the molecule is CCN(CC)c1ccc(C(=O)NC(CCSC)C(=O)O)cc1. The van der Waals surface area contributed by atoms with E-state index in [-0.39, 0.29) is 5.91 Å². The Morgan fingerprint density at radius 2 is 1.82 bits per heavy atom. The Morgan fingerprint density at radius 3 is 2.27 bits per heavy atom. The lowest BCUT2D eigenvalue weighted by Crippen LogP contribution is -2.41. The lowest BCUT2D eigenvalue weighted by atomic mass is 10.1. The third-order valence-electron chi connectivity index (χ3n) is 3.47. The third kappa shape index (κ3) is 5.26. The second-order valence-corrected chi connectivity index (χ2v) is 5.85. The van der Waals surface area contributed by atoms with Crippen LogP contribution < -0.4 is 10.2 Å². The van der Waals surface area contributed by atoms with Crippen molar-refractivity contribution < 1.29 is 14.7 Å². The Hall–Kier alpha value is -1.69. The Kier molecular flexibility index (Phi) is 7.80. The van der Waals surface area contributed by atoms with Gasteiger partial charge in [-0.1, -0.05) is 0 Å². The second kappa shape index (κ2) is 9.35. The molecule has 0 fully saturated rings. The number of nitrogens with zero attached hydrogens (tertiary/aromatic N) is 1. The molecule has 122 valence electrons. The molecular formula is C16H24N2O3S. The lowest BCUT2D eigenvalue weighted by Gasteiger charge is -2.21. The average Bonchev–Trinajstić information content (AvgIpc) is 2.52. The van der Waals surface area contributed by atoms with E-state index in [2.05, 4.69) is 24.1 Å². The van der Waals surface area contributed by atoms with Crippen molar-refractivity contribution in [1.82, 2.24) is 5.32 Å². The van der Waals surface area contributed by atoms with Crippen LogP contribution in [0.5, 0.6) is 0 Å². The minimum atomic E-state index is -0.998. The molecule has 1 aromatic rings. The number of carbonyl (C=O) groups excluding carboxylic acids is 1. The zero-order chi connectivity index (χ0) is 16.5. The fraction of sp³-hybridized carbons (Fsp3) is 0.500. The van der Waals surface area contributed by atoms with Crippen LogP contribution in [-0.2, 0) is 4.79 Å². The zero-order valence-electron chi connectivity index (χ0n) is 13.3. The molecule has 0 aliphatic heterocycles. The van der Waals surface area contributed by atoms with Gasteiger partial charge in [0.2, 0.25) is 0 Å². The lowest BCUT2D eigenvalue weighted by molar-refractivity contribution is -0.139. The number of aliphatic carboxylic acids is 1. The van der Waals surface area contributed by atoms with Crippen molar-refractivity contribution in [2.24, 2.45) is 0 Å². The van der Waals surface area contributed by atoms with Crippen molar-refractivity contribution in [2.75, 3.05) is 30.0 Å². The number of anilines is 1. The van der Waals surface area contributed by atoms with Crippen LogP contribution in [-0.4, -0.2) is 48.1 Å². The molecule has 0 heterocycles. The van der Waals surface area contributed by atoms with Gasteiger partial charge in [0.1, 0.15) is 6.04 Å². The molecule has 0 saturated heterocycles. The number of carbonyl (C=O) groups is 2. The molecule has 0 aliphatic rings. The van der Waals surface area contributed by atoms with Crippen LogP contribution in [0.2, 0.25) is 0 Å². The Balaban J connectivity index is 2.74. The maximum atomic E-state index is 12.1. The van der Waals surface area contributed by atoms with Crippen LogP contribution in [0, 0.1) is 0 Å². The van der Waals surface area contributed by atoms with Crippen molar-refractivity contribution >= 4 is 29.3 Å². The molecule has 0 aliphatic carbocycles. The van der Waals surface area contributed by atoms with Gasteiger partial charge in [0.05, 0.1) is 0 Å². The van der Waals surface area contributed by atoms with E-state index in [0.717, 1.165) is 18.8 Å². The summed E-state index contributed by atoms with van der Waals surface area (Å²) in [6.45, 7) is 5.95. The Labute approximate surface area is 136 Å². The average molecular weight is 324 g/mol. The van der Waals surface area contributed by atoms with Gasteiger partial charge >= 0.3 is 5.97 Å². The van der Waals surface area contributed by atoms with Gasteiger partial charge in [-0.15, -0.1) is 0 Å². The van der Waals surface area contributed by atoms with Crippen molar-refractivity contribution in [3.63, 3.8) is 0 Å². The molecule has 0 radical (unpaired) electrons. The molecule has 1 unspecified atom stereocenters. The van der Waals surface area contributed by atoms with Gasteiger partial charge in [-0.25, -0.2) is 4.79 Å². The quantitative estimate of drug-likeness (QED) is 0.730. The summed E-state index contributed by atoms with van der Waals surface area (Å²) in [6, 6.07) is 6.40. The number of amides is 1. The minimum absolute atomic E-state index is 0.348. The summed E-state index contributed by atoms with van der Waals surface area (Å²) in [6.07, 6.45) is 2.33. The third-order valence-corrected chi connectivity index (χ3v) is 4.12. The van der Waals surface area contributed by atoms with E-state index in [9.17, 15) is 9.59 Å². The number of benzene rings is 1. The predicted molar refractivity (Wildman–Crippen MR) is 91.9 cm³/mol. The molecule has 1 atom stereocenters. The van der Waals surface area contributed by atoms with E-state index in [4.69, 9.17) is 5.11 Å². The summed E-state index contributed by atoms with van der Waals surface area (Å²) in [7, 11) is 0. The Bertz CT molecular complexity index is 487. The molecular weight excluding hydrogens is 300 g/mol. The van der Waals surface area contributed by atoms with Gasteiger partial charge in [-0.2, -0.15) is 11.8 Å². The molecule has 22 heavy (non-hydrogen) atoms. The van der Waals surface area contributed by atoms with Gasteiger partial charge in [-0.3, -0.25) is 4.79 Å². The molecule has 1 aromatic carbocycles. The fourth-order valence-corrected chi connectivity index (χ4v) is 2.62. The van der Waals surface area contributed by atoms with E-state index < -0.39 is 12.0 Å². The molecule has 6 heteroatoms. The van der Waals surface area contributed by atoms with E-state index in [1.807, 2.05) is 18.4 Å². The first-order chi connectivity index (χ1) is 10.5. The normalized spacial score (nSPS) is 11.8. The van der Waals surface area contributed by atoms with Crippen LogP contribution in [0.4, 0.5) is 5.69 Å². The first-order valence-electron chi connectivity index (χ1n) is 7.41. The molecule has 0 aromatic heterocycles. The highest BCUT2D eigenvalue weighted by Crippen LogP contribution is 2.15. The Morgan fingerprint density at radius 1 is 1.23 bits per heavy atom. The van der Waals surface area contributed by atoms with E-state index in [0.29, 0.717) is 17.7 Å². The van der Waals surface area contributed by atoms with Gasteiger partial charge in [0.25, 0.3) is 5.91 Å². The largest absolute Gasteiger partial charge is 0.480 e. The highest BCUT2D eigenvalue weighted by molar-refractivity contribution is 7.98. The van der Waals surface area contributed by atoms with Crippen molar-refractivity contribution in [1.29, 1.82) is 0 Å². The first-order valence-corrected chi connectivity index (χ1v) is 8.80. The summed E-state index contributed by atoms with van der Waals surface area (Å²) < 4.78 is 0. The summed E-state index contributed by atoms with van der Waals surface area (Å²) in [5, 5.41) is 11.7. The van der Waals surface area contributed by atoms with Crippen LogP contribution in [0.15, 0.2) is 24.3 Å². The molecule has 0 bridgehead atoms. The number of hydrogen-bond acceptors (Lipinski definition) is 4. The summed E-state index contributed by atoms with van der Waals surface area (Å²) in [5.41, 5.74) is 1.53. The van der Waals surface area contributed by atoms with Crippen LogP contribution in [0.3, 0.4) is 0 Å². The maximum absolute atomic E-state index is 12.1. The molecule has 2 N–H and O–H groups in total. The number of rotatable bonds is 9. The van der Waals surface area contributed by atoms with Gasteiger partial charge < -0.3 is 15.3 Å². The van der Waals surface area contributed by atoms with E-state index in [1.54, 1.807) is 23.9 Å². The molecule has 0 spiro atoms. The van der Waals surface area contributed by atoms with Gasteiger partial charge in [0.15, 0.2) is 0 Å². The standard InChI is InChI=1S/C16H24N2O3S/c1-4-18(5-2)13-8-6-12(7-9-13)15(19)17-14(16(20)21)10-11-22-3/h6-9,14H,4-5,10-11H2,1-3H3,(H,17,19)(H,20,21). The monoisotopic (exact) mass is 324 g/mol. The topological polar surface area (TPSA) is 69.6 Å². The first kappa shape index (κ1) is 18.4. The highest BCUT2D eigenvalue weighted by atomic mass is 32.2. The zero-order valence-corrected chi connectivity index (χ0v) is 14.2. The van der Waals surface area contributed by atoms with Gasteiger partial charge in [-0.05, 0) is 56.5 Å². The number of carboxylic acid groups (broad SMARTS) is 1. The van der Waals surface area contributed by atoms with Crippen molar-refractivity contribution in [3.8, 4) is 0 Å². The van der Waals surface area contributed by atoms with Crippen LogP contribution >= 0.6 is 11.8 Å². The maximum Gasteiger partial charge on any atom is 0.326 e. The minimum Gasteiger partial charge on any atom is -0.480 e. The summed E-state index contributed by atoms with van der Waals surface area (Å²) in [4.78, 5) is 25.5. The van der Waals surface area contributed by atoms with E-state index >= 15 is 0 Å². The molecule has 5 nitrogen and oxygen atoms in total. The van der Waals surface area contributed by atoms with Crippen LogP contribution in [0.1, 0.15) is 30.6 Å². The highest BCUT2D eigenvalue weighted by Gasteiger charge is 2.20.